The number of ether oxygens (including phenoxy) is 1. The van der Waals surface area contributed by atoms with Crippen molar-refractivity contribution in [3.8, 4) is 5.75 Å². The van der Waals surface area contributed by atoms with Crippen LogP contribution in [0, 0.1) is 5.92 Å². The Hall–Kier alpha value is -1.87. The van der Waals surface area contributed by atoms with Gasteiger partial charge in [-0.1, -0.05) is 38.1 Å². The molecular formula is C17H22N2O. The molecule has 0 saturated carbocycles. The Morgan fingerprint density at radius 3 is 2.75 bits per heavy atom. The fourth-order valence-corrected chi connectivity index (χ4v) is 1.93. The Morgan fingerprint density at radius 1 is 1.15 bits per heavy atom. The van der Waals surface area contributed by atoms with E-state index in [1.807, 2.05) is 12.1 Å². The largest absolute Gasteiger partial charge is 0.487 e. The average Bonchev–Trinajstić information content (AvgIpc) is 2.46. The number of nitrogens with one attached hydrogen (secondary N) is 1. The average molecular weight is 270 g/mol. The Balaban J connectivity index is 1.86. The summed E-state index contributed by atoms with van der Waals surface area (Å²) in [5, 5.41) is 3.45. The van der Waals surface area contributed by atoms with E-state index in [-0.39, 0.29) is 0 Å². The van der Waals surface area contributed by atoms with Crippen LogP contribution in [0.2, 0.25) is 0 Å². The predicted octanol–water partition coefficient (Wildman–Crippen LogP) is 3.41. The molecule has 0 radical (unpaired) electrons. The van der Waals surface area contributed by atoms with Gasteiger partial charge < -0.3 is 10.1 Å². The van der Waals surface area contributed by atoms with Gasteiger partial charge in [-0.05, 0) is 35.7 Å². The summed E-state index contributed by atoms with van der Waals surface area (Å²) in [6.45, 7) is 6.94. The molecule has 0 aliphatic heterocycles. The Bertz CT molecular complexity index is 511. The molecule has 2 rings (SSSR count). The minimum atomic E-state index is 0.573. The van der Waals surface area contributed by atoms with Crippen LogP contribution >= 0.6 is 0 Å². The Morgan fingerprint density at radius 2 is 2.00 bits per heavy atom. The molecule has 2 aromatic rings. The number of hydrogen-bond donors (Lipinski definition) is 1. The van der Waals surface area contributed by atoms with Crippen LogP contribution in [0.1, 0.15) is 25.0 Å². The lowest BCUT2D eigenvalue weighted by atomic mass is 10.1. The van der Waals surface area contributed by atoms with E-state index in [0.717, 1.165) is 18.8 Å². The molecule has 0 aliphatic rings. The van der Waals surface area contributed by atoms with Crippen LogP contribution in [0.4, 0.5) is 0 Å². The number of benzene rings is 1. The molecule has 0 amide bonds. The van der Waals surface area contributed by atoms with Gasteiger partial charge in [0.15, 0.2) is 0 Å². The number of pyridine rings is 1. The topological polar surface area (TPSA) is 34.1 Å². The molecule has 0 fully saturated rings. The van der Waals surface area contributed by atoms with E-state index >= 15 is 0 Å². The van der Waals surface area contributed by atoms with E-state index in [1.165, 1.54) is 11.1 Å². The smallest absolute Gasteiger partial charge is 0.138 e. The molecule has 3 nitrogen and oxygen atoms in total. The van der Waals surface area contributed by atoms with E-state index in [4.69, 9.17) is 4.74 Å². The number of aromatic nitrogens is 1. The normalized spacial score (nSPS) is 10.8. The van der Waals surface area contributed by atoms with E-state index < -0.39 is 0 Å². The van der Waals surface area contributed by atoms with Crippen molar-refractivity contribution >= 4 is 0 Å². The number of nitrogens with zero attached hydrogens (tertiary/aromatic N) is 1. The van der Waals surface area contributed by atoms with Gasteiger partial charge in [-0.25, -0.2) is 0 Å². The van der Waals surface area contributed by atoms with Crippen molar-refractivity contribution in [2.75, 3.05) is 6.54 Å². The van der Waals surface area contributed by atoms with Gasteiger partial charge in [0.1, 0.15) is 12.4 Å². The van der Waals surface area contributed by atoms with Gasteiger partial charge in [0.25, 0.3) is 0 Å². The molecule has 1 N–H and O–H groups in total. The quantitative estimate of drug-likeness (QED) is 0.837. The first-order valence-corrected chi connectivity index (χ1v) is 7.05. The molecule has 0 unspecified atom stereocenters. The van der Waals surface area contributed by atoms with Crippen molar-refractivity contribution < 1.29 is 4.74 Å². The van der Waals surface area contributed by atoms with Crippen molar-refractivity contribution in [2.45, 2.75) is 27.0 Å². The molecule has 0 aliphatic carbocycles. The van der Waals surface area contributed by atoms with Crippen LogP contribution in [0.25, 0.3) is 0 Å². The van der Waals surface area contributed by atoms with Gasteiger partial charge in [0.2, 0.25) is 0 Å². The van der Waals surface area contributed by atoms with Crippen LogP contribution in [0.5, 0.6) is 5.75 Å². The summed E-state index contributed by atoms with van der Waals surface area (Å²) >= 11 is 0. The molecule has 1 aromatic heterocycles. The van der Waals surface area contributed by atoms with Gasteiger partial charge in [-0.15, -0.1) is 0 Å². The van der Waals surface area contributed by atoms with E-state index in [9.17, 15) is 0 Å². The molecule has 0 bridgehead atoms. The highest BCUT2D eigenvalue weighted by Crippen LogP contribution is 2.11. The summed E-state index contributed by atoms with van der Waals surface area (Å²) in [6, 6.07) is 12.3. The Kier molecular flexibility index (Phi) is 5.56. The first-order valence-electron chi connectivity index (χ1n) is 7.05. The SMILES string of the molecule is CC(C)CNCc1cccc(COc2cccnc2)c1. The summed E-state index contributed by atoms with van der Waals surface area (Å²) in [7, 11) is 0. The maximum atomic E-state index is 5.71. The predicted molar refractivity (Wildman–Crippen MR) is 81.6 cm³/mol. The Labute approximate surface area is 121 Å². The van der Waals surface area contributed by atoms with Crippen LogP contribution in [-0.4, -0.2) is 11.5 Å². The summed E-state index contributed by atoms with van der Waals surface area (Å²) in [5.74, 6) is 1.47. The molecule has 0 atom stereocenters. The molecule has 20 heavy (non-hydrogen) atoms. The fourth-order valence-electron chi connectivity index (χ4n) is 1.93. The lowest BCUT2D eigenvalue weighted by molar-refractivity contribution is 0.305. The van der Waals surface area contributed by atoms with Crippen LogP contribution in [-0.2, 0) is 13.2 Å². The van der Waals surface area contributed by atoms with E-state index in [0.29, 0.717) is 12.5 Å². The number of hydrogen-bond acceptors (Lipinski definition) is 3. The molecule has 0 saturated heterocycles. The van der Waals surface area contributed by atoms with Crippen LogP contribution in [0.15, 0.2) is 48.8 Å². The zero-order chi connectivity index (χ0) is 14.2. The van der Waals surface area contributed by atoms with E-state index in [2.05, 4.69) is 48.4 Å². The second-order valence-electron chi connectivity index (χ2n) is 5.32. The van der Waals surface area contributed by atoms with Gasteiger partial charge in [0.05, 0.1) is 6.20 Å². The molecule has 1 heterocycles. The molecule has 0 spiro atoms. The van der Waals surface area contributed by atoms with Crippen molar-refractivity contribution in [3.05, 3.63) is 59.9 Å². The third-order valence-corrected chi connectivity index (χ3v) is 2.91. The minimum Gasteiger partial charge on any atom is -0.487 e. The van der Waals surface area contributed by atoms with Gasteiger partial charge in [0, 0.05) is 12.7 Å². The van der Waals surface area contributed by atoms with Crippen LogP contribution < -0.4 is 10.1 Å². The third-order valence-electron chi connectivity index (χ3n) is 2.91. The highest BCUT2D eigenvalue weighted by Gasteiger charge is 1.99. The molecule has 1 aromatic carbocycles. The van der Waals surface area contributed by atoms with Crippen molar-refractivity contribution in [2.24, 2.45) is 5.92 Å². The summed E-state index contributed by atoms with van der Waals surface area (Å²) < 4.78 is 5.71. The van der Waals surface area contributed by atoms with Crippen molar-refractivity contribution in [3.63, 3.8) is 0 Å². The second-order valence-corrected chi connectivity index (χ2v) is 5.32. The van der Waals surface area contributed by atoms with Gasteiger partial charge >= 0.3 is 0 Å². The first-order chi connectivity index (χ1) is 9.74. The highest BCUT2D eigenvalue weighted by atomic mass is 16.5. The van der Waals surface area contributed by atoms with Crippen molar-refractivity contribution in [1.29, 1.82) is 0 Å². The van der Waals surface area contributed by atoms with Crippen LogP contribution in [0.3, 0.4) is 0 Å². The molecule has 3 heteroatoms. The minimum absolute atomic E-state index is 0.573. The summed E-state index contributed by atoms with van der Waals surface area (Å²) in [5.41, 5.74) is 2.47. The maximum Gasteiger partial charge on any atom is 0.138 e. The highest BCUT2D eigenvalue weighted by molar-refractivity contribution is 5.24. The molecule has 106 valence electrons. The summed E-state index contributed by atoms with van der Waals surface area (Å²) in [6.07, 6.45) is 3.47. The third kappa shape index (κ3) is 5.02. The first kappa shape index (κ1) is 14.5. The zero-order valence-electron chi connectivity index (χ0n) is 12.2. The maximum absolute atomic E-state index is 5.71. The summed E-state index contributed by atoms with van der Waals surface area (Å²) in [4.78, 5) is 4.04. The van der Waals surface area contributed by atoms with Crippen molar-refractivity contribution in [1.82, 2.24) is 10.3 Å². The standard InChI is InChI=1S/C17H22N2O/c1-14(2)10-19-11-15-5-3-6-16(9-15)13-20-17-7-4-8-18-12-17/h3-9,12,14,19H,10-11,13H2,1-2H3. The lowest BCUT2D eigenvalue weighted by Crippen LogP contribution is -2.19. The lowest BCUT2D eigenvalue weighted by Gasteiger charge is -2.09. The second kappa shape index (κ2) is 7.65. The number of rotatable bonds is 7. The monoisotopic (exact) mass is 270 g/mol. The van der Waals surface area contributed by atoms with Gasteiger partial charge in [-0.2, -0.15) is 0 Å². The van der Waals surface area contributed by atoms with Gasteiger partial charge in [-0.3, -0.25) is 4.98 Å². The molecular weight excluding hydrogens is 248 g/mol. The van der Waals surface area contributed by atoms with E-state index in [1.54, 1.807) is 12.4 Å². The zero-order valence-corrected chi connectivity index (χ0v) is 12.2. The fraction of sp³-hybridized carbons (Fsp3) is 0.353.